The van der Waals surface area contributed by atoms with Crippen LogP contribution in [-0.4, -0.2) is 30.4 Å². The Bertz CT molecular complexity index is 1020. The van der Waals surface area contributed by atoms with E-state index in [1.807, 2.05) is 49.4 Å². The maximum Gasteiger partial charge on any atom is 0.259 e. The standard InChI is InChI=1S/C21H20BrN3O3/c1-2-28-19-10-14(9-18(22)21(19)27)12-24-25-20(26)13-23-17-8-7-15-5-3-4-6-16(15)11-17/h3-12,23,27H,2,13H2,1H3,(H,25,26). The van der Waals surface area contributed by atoms with Crippen LogP contribution < -0.4 is 15.5 Å². The van der Waals surface area contributed by atoms with Crippen molar-refractivity contribution in [3.05, 3.63) is 64.6 Å². The maximum atomic E-state index is 12.0. The predicted octanol–water partition coefficient (Wildman–Crippen LogP) is 4.27. The van der Waals surface area contributed by atoms with Crippen molar-refractivity contribution in [3.63, 3.8) is 0 Å². The van der Waals surface area contributed by atoms with E-state index in [0.29, 0.717) is 22.4 Å². The van der Waals surface area contributed by atoms with E-state index in [1.165, 1.54) is 6.21 Å². The Labute approximate surface area is 171 Å². The zero-order valence-corrected chi connectivity index (χ0v) is 16.9. The van der Waals surface area contributed by atoms with Gasteiger partial charge in [0.1, 0.15) is 0 Å². The Hall–Kier alpha value is -3.06. The fourth-order valence-electron chi connectivity index (χ4n) is 2.63. The van der Waals surface area contributed by atoms with Gasteiger partial charge in [-0.2, -0.15) is 5.10 Å². The number of halogens is 1. The number of amides is 1. The quantitative estimate of drug-likeness (QED) is 0.377. The van der Waals surface area contributed by atoms with Crippen LogP contribution >= 0.6 is 15.9 Å². The van der Waals surface area contributed by atoms with Gasteiger partial charge >= 0.3 is 0 Å². The van der Waals surface area contributed by atoms with E-state index in [2.05, 4.69) is 31.8 Å². The van der Waals surface area contributed by atoms with E-state index >= 15 is 0 Å². The Kier molecular flexibility index (Phi) is 6.49. The molecule has 0 bridgehead atoms. The Morgan fingerprint density at radius 3 is 2.75 bits per heavy atom. The molecule has 7 heteroatoms. The lowest BCUT2D eigenvalue weighted by Crippen LogP contribution is -2.25. The highest BCUT2D eigenvalue weighted by Gasteiger charge is 2.08. The highest BCUT2D eigenvalue weighted by Crippen LogP contribution is 2.35. The third-order valence-corrected chi connectivity index (χ3v) is 4.56. The van der Waals surface area contributed by atoms with E-state index in [9.17, 15) is 9.90 Å². The summed E-state index contributed by atoms with van der Waals surface area (Å²) in [6.45, 7) is 2.35. The summed E-state index contributed by atoms with van der Waals surface area (Å²) >= 11 is 3.27. The van der Waals surface area contributed by atoms with E-state index in [0.717, 1.165) is 16.5 Å². The topological polar surface area (TPSA) is 83.0 Å². The molecule has 3 rings (SSSR count). The molecule has 0 saturated carbocycles. The summed E-state index contributed by atoms with van der Waals surface area (Å²) in [5.74, 6) is 0.109. The average molecular weight is 442 g/mol. The summed E-state index contributed by atoms with van der Waals surface area (Å²) in [6, 6.07) is 17.3. The third-order valence-electron chi connectivity index (χ3n) is 3.96. The first kappa shape index (κ1) is 19.7. The minimum Gasteiger partial charge on any atom is -0.503 e. The van der Waals surface area contributed by atoms with E-state index in [4.69, 9.17) is 4.74 Å². The number of phenolic OH excluding ortho intramolecular Hbond substituents is 1. The molecule has 0 spiro atoms. The number of nitrogens with one attached hydrogen (secondary N) is 2. The summed E-state index contributed by atoms with van der Waals surface area (Å²) in [5, 5.41) is 19.2. The Morgan fingerprint density at radius 2 is 1.96 bits per heavy atom. The van der Waals surface area contributed by atoms with Gasteiger partial charge in [-0.15, -0.1) is 0 Å². The van der Waals surface area contributed by atoms with Gasteiger partial charge in [-0.25, -0.2) is 5.43 Å². The van der Waals surface area contributed by atoms with Crippen LogP contribution in [0.2, 0.25) is 0 Å². The molecule has 6 nitrogen and oxygen atoms in total. The van der Waals surface area contributed by atoms with E-state index < -0.39 is 0 Å². The molecule has 0 unspecified atom stereocenters. The highest BCUT2D eigenvalue weighted by molar-refractivity contribution is 9.10. The van der Waals surface area contributed by atoms with Crippen molar-refractivity contribution in [2.45, 2.75) is 6.92 Å². The minimum absolute atomic E-state index is 0.0302. The number of fused-ring (bicyclic) bond motifs is 1. The van der Waals surface area contributed by atoms with Gasteiger partial charge in [0.15, 0.2) is 11.5 Å². The SMILES string of the molecule is CCOc1cc(C=NNC(=O)CNc2ccc3ccccc3c2)cc(Br)c1O. The zero-order valence-electron chi connectivity index (χ0n) is 15.3. The number of ether oxygens (including phenoxy) is 1. The molecular weight excluding hydrogens is 422 g/mol. The molecule has 1 amide bonds. The lowest BCUT2D eigenvalue weighted by Gasteiger charge is -2.08. The normalized spacial score (nSPS) is 10.9. The van der Waals surface area contributed by atoms with Crippen molar-refractivity contribution in [2.24, 2.45) is 5.10 Å². The number of aromatic hydroxyl groups is 1. The number of hydrogen-bond donors (Lipinski definition) is 3. The van der Waals surface area contributed by atoms with Crippen LogP contribution in [-0.2, 0) is 4.79 Å². The lowest BCUT2D eigenvalue weighted by atomic mass is 10.1. The first-order chi connectivity index (χ1) is 13.6. The second-order valence-corrected chi connectivity index (χ2v) is 6.85. The lowest BCUT2D eigenvalue weighted by molar-refractivity contribution is -0.119. The number of benzene rings is 3. The number of phenols is 1. The Balaban J connectivity index is 1.56. The molecule has 3 N–H and O–H groups in total. The highest BCUT2D eigenvalue weighted by atomic mass is 79.9. The van der Waals surface area contributed by atoms with Crippen molar-refractivity contribution < 1.29 is 14.6 Å². The van der Waals surface area contributed by atoms with Crippen molar-refractivity contribution >= 4 is 44.5 Å². The molecule has 0 aliphatic carbocycles. The largest absolute Gasteiger partial charge is 0.503 e. The van der Waals surface area contributed by atoms with Crippen molar-refractivity contribution in [2.75, 3.05) is 18.5 Å². The summed E-state index contributed by atoms with van der Waals surface area (Å²) in [5.41, 5.74) is 4.01. The van der Waals surface area contributed by atoms with Crippen LogP contribution in [0, 0.1) is 0 Å². The molecular formula is C21H20BrN3O3. The number of hydrogen-bond acceptors (Lipinski definition) is 5. The second kappa shape index (κ2) is 9.23. The number of carbonyl (C=O) groups excluding carboxylic acids is 1. The Morgan fingerprint density at radius 1 is 1.18 bits per heavy atom. The van der Waals surface area contributed by atoms with Crippen LogP contribution in [0.25, 0.3) is 10.8 Å². The van der Waals surface area contributed by atoms with E-state index in [-0.39, 0.29) is 18.2 Å². The van der Waals surface area contributed by atoms with Crippen LogP contribution in [0.1, 0.15) is 12.5 Å². The molecule has 3 aromatic rings. The molecule has 0 saturated heterocycles. The van der Waals surface area contributed by atoms with Gasteiger partial charge in [0.2, 0.25) is 0 Å². The summed E-state index contributed by atoms with van der Waals surface area (Å²) in [4.78, 5) is 12.0. The molecule has 0 aromatic heterocycles. The number of carbonyl (C=O) groups is 1. The number of anilines is 1. The molecule has 0 atom stereocenters. The molecule has 0 aliphatic heterocycles. The van der Waals surface area contributed by atoms with Crippen LogP contribution in [0.15, 0.2) is 64.2 Å². The van der Waals surface area contributed by atoms with Crippen LogP contribution in [0.3, 0.4) is 0 Å². The van der Waals surface area contributed by atoms with Gasteiger partial charge in [-0.3, -0.25) is 4.79 Å². The van der Waals surface area contributed by atoms with Crippen molar-refractivity contribution in [3.8, 4) is 11.5 Å². The van der Waals surface area contributed by atoms with Gasteiger partial charge in [0.05, 0.1) is 23.8 Å². The molecule has 3 aromatic carbocycles. The molecule has 144 valence electrons. The summed E-state index contributed by atoms with van der Waals surface area (Å²) in [6.07, 6.45) is 1.49. The average Bonchev–Trinajstić information content (AvgIpc) is 2.70. The predicted molar refractivity (Wildman–Crippen MR) is 115 cm³/mol. The molecule has 0 aliphatic rings. The number of hydrazone groups is 1. The van der Waals surface area contributed by atoms with Crippen LogP contribution in [0.4, 0.5) is 5.69 Å². The summed E-state index contributed by atoms with van der Waals surface area (Å²) in [7, 11) is 0. The first-order valence-electron chi connectivity index (χ1n) is 8.76. The third kappa shape index (κ3) is 5.01. The maximum absolute atomic E-state index is 12.0. The fourth-order valence-corrected chi connectivity index (χ4v) is 3.09. The molecule has 0 fully saturated rings. The monoisotopic (exact) mass is 441 g/mol. The summed E-state index contributed by atoms with van der Waals surface area (Å²) < 4.78 is 5.85. The molecule has 0 heterocycles. The number of rotatable bonds is 7. The smallest absolute Gasteiger partial charge is 0.259 e. The van der Waals surface area contributed by atoms with Gasteiger partial charge in [-0.1, -0.05) is 30.3 Å². The van der Waals surface area contributed by atoms with E-state index in [1.54, 1.807) is 12.1 Å². The first-order valence-corrected chi connectivity index (χ1v) is 9.56. The molecule has 0 radical (unpaired) electrons. The zero-order chi connectivity index (χ0) is 19.9. The van der Waals surface area contributed by atoms with Gasteiger partial charge in [0, 0.05) is 5.69 Å². The second-order valence-electron chi connectivity index (χ2n) is 5.99. The van der Waals surface area contributed by atoms with Gasteiger partial charge < -0.3 is 15.2 Å². The molecule has 28 heavy (non-hydrogen) atoms. The minimum atomic E-state index is -0.271. The van der Waals surface area contributed by atoms with Crippen molar-refractivity contribution in [1.29, 1.82) is 0 Å². The van der Waals surface area contributed by atoms with Crippen molar-refractivity contribution in [1.82, 2.24) is 5.43 Å². The fraction of sp³-hybridized carbons (Fsp3) is 0.143. The van der Waals surface area contributed by atoms with Gasteiger partial charge in [0.25, 0.3) is 5.91 Å². The van der Waals surface area contributed by atoms with Crippen LogP contribution in [0.5, 0.6) is 11.5 Å². The van der Waals surface area contributed by atoms with Gasteiger partial charge in [-0.05, 0) is 63.5 Å². The number of nitrogens with zero attached hydrogens (tertiary/aromatic N) is 1.